The van der Waals surface area contributed by atoms with Crippen molar-refractivity contribution in [2.75, 3.05) is 5.33 Å². The van der Waals surface area contributed by atoms with Crippen LogP contribution in [0.25, 0.3) is 0 Å². The summed E-state index contributed by atoms with van der Waals surface area (Å²) in [5.74, 6) is 0.502. The number of hydrogen-bond acceptors (Lipinski definition) is 1. The second-order valence-corrected chi connectivity index (χ2v) is 7.51. The summed E-state index contributed by atoms with van der Waals surface area (Å²) in [7, 11) is 0. The third kappa shape index (κ3) is 4.29. The average Bonchev–Trinajstić information content (AvgIpc) is 2.34. The predicted octanol–water partition coefficient (Wildman–Crippen LogP) is 5.49. The first-order chi connectivity index (χ1) is 9.39. The van der Waals surface area contributed by atoms with Gasteiger partial charge in [0.05, 0.1) is 12.2 Å². The van der Waals surface area contributed by atoms with Gasteiger partial charge in [0.25, 0.3) is 0 Å². The molecule has 0 spiro atoms. The molecule has 3 atom stereocenters. The Kier molecular flexibility index (Phi) is 5.25. The molecule has 1 aliphatic carbocycles. The monoisotopic (exact) mass is 342 g/mol. The molecule has 3 unspecified atom stereocenters. The molecule has 112 valence electrons. The topological polar surface area (TPSA) is 9.23 Å². The zero-order chi connectivity index (χ0) is 14.8. The fourth-order valence-electron chi connectivity index (χ4n) is 3.48. The highest BCUT2D eigenvalue weighted by Gasteiger charge is 2.33. The molecule has 0 N–H and O–H groups in total. The summed E-state index contributed by atoms with van der Waals surface area (Å²) in [6, 6.07) is 6.64. The summed E-state index contributed by atoms with van der Waals surface area (Å²) < 4.78 is 19.3. The molecule has 0 bridgehead atoms. The van der Waals surface area contributed by atoms with E-state index in [1.165, 1.54) is 18.6 Å². The summed E-state index contributed by atoms with van der Waals surface area (Å²) in [6.07, 6.45) is 3.78. The lowest BCUT2D eigenvalue weighted by atomic mass is 9.71. The highest BCUT2D eigenvalue weighted by atomic mass is 79.9. The summed E-state index contributed by atoms with van der Waals surface area (Å²) in [5.41, 5.74) is 1.39. The van der Waals surface area contributed by atoms with Crippen molar-refractivity contribution in [2.24, 2.45) is 11.3 Å². The van der Waals surface area contributed by atoms with Crippen LogP contribution < -0.4 is 0 Å². The van der Waals surface area contributed by atoms with E-state index in [0.29, 0.717) is 17.4 Å². The molecule has 0 amide bonds. The number of hydrogen-bond donors (Lipinski definition) is 0. The Balaban J connectivity index is 2.04. The van der Waals surface area contributed by atoms with Crippen molar-refractivity contribution in [1.82, 2.24) is 0 Å². The fourth-order valence-corrected chi connectivity index (χ4v) is 4.00. The van der Waals surface area contributed by atoms with Gasteiger partial charge in [-0.25, -0.2) is 4.39 Å². The van der Waals surface area contributed by atoms with Crippen LogP contribution in [0.3, 0.4) is 0 Å². The molecular formula is C17H24BrFO. The molecule has 0 heterocycles. The van der Waals surface area contributed by atoms with Gasteiger partial charge < -0.3 is 4.74 Å². The van der Waals surface area contributed by atoms with Crippen molar-refractivity contribution in [3.8, 4) is 0 Å². The first-order valence-corrected chi connectivity index (χ1v) is 8.48. The molecule has 0 radical (unpaired) electrons. The van der Waals surface area contributed by atoms with Crippen molar-refractivity contribution >= 4 is 15.9 Å². The molecule has 1 saturated carbocycles. The van der Waals surface area contributed by atoms with Gasteiger partial charge in [-0.15, -0.1) is 0 Å². The second-order valence-electron chi connectivity index (χ2n) is 6.87. The van der Waals surface area contributed by atoms with E-state index in [1.807, 2.05) is 12.1 Å². The molecule has 1 fully saturated rings. The van der Waals surface area contributed by atoms with Gasteiger partial charge in [-0.3, -0.25) is 0 Å². The Labute approximate surface area is 130 Å². The lowest BCUT2D eigenvalue weighted by molar-refractivity contribution is -0.0579. The van der Waals surface area contributed by atoms with E-state index >= 15 is 0 Å². The Bertz CT molecular complexity index is 429. The maximum absolute atomic E-state index is 13.0. The summed E-state index contributed by atoms with van der Waals surface area (Å²) in [4.78, 5) is 0. The van der Waals surface area contributed by atoms with Gasteiger partial charge in [0.2, 0.25) is 0 Å². The van der Waals surface area contributed by atoms with E-state index in [0.717, 1.165) is 23.7 Å². The Morgan fingerprint density at radius 2 is 1.95 bits per heavy atom. The van der Waals surface area contributed by atoms with Crippen LogP contribution >= 0.6 is 15.9 Å². The van der Waals surface area contributed by atoms with Gasteiger partial charge in [-0.1, -0.05) is 48.8 Å². The van der Waals surface area contributed by atoms with Gasteiger partial charge in [0, 0.05) is 5.33 Å². The van der Waals surface area contributed by atoms with Crippen LogP contribution in [-0.4, -0.2) is 11.4 Å². The standard InChI is InChI=1S/C17H24BrFO/c1-12-8-15(10-17(2,3)9-12)20-16(11-18)13-4-6-14(19)7-5-13/h4-7,12,15-16H,8-11H2,1-3H3. The Morgan fingerprint density at radius 3 is 2.50 bits per heavy atom. The smallest absolute Gasteiger partial charge is 0.123 e. The maximum atomic E-state index is 13.0. The molecule has 0 saturated heterocycles. The summed E-state index contributed by atoms with van der Waals surface area (Å²) in [5, 5.41) is 0.740. The molecule has 20 heavy (non-hydrogen) atoms. The third-order valence-electron chi connectivity index (χ3n) is 4.09. The van der Waals surface area contributed by atoms with Crippen LogP contribution in [0.15, 0.2) is 24.3 Å². The van der Waals surface area contributed by atoms with E-state index in [9.17, 15) is 4.39 Å². The van der Waals surface area contributed by atoms with E-state index in [-0.39, 0.29) is 11.9 Å². The van der Waals surface area contributed by atoms with Crippen LogP contribution in [0.5, 0.6) is 0 Å². The number of halogens is 2. The largest absolute Gasteiger partial charge is 0.369 e. The van der Waals surface area contributed by atoms with Gasteiger partial charge in [0.1, 0.15) is 5.82 Å². The summed E-state index contributed by atoms with van der Waals surface area (Å²) in [6.45, 7) is 6.94. The number of benzene rings is 1. The lowest BCUT2D eigenvalue weighted by Crippen LogP contribution is -2.33. The number of ether oxygens (including phenoxy) is 1. The minimum atomic E-state index is -0.200. The van der Waals surface area contributed by atoms with Crippen molar-refractivity contribution in [3.05, 3.63) is 35.6 Å². The molecule has 1 aliphatic rings. The second kappa shape index (κ2) is 6.57. The lowest BCUT2D eigenvalue weighted by Gasteiger charge is -2.40. The number of rotatable bonds is 4. The molecule has 0 aliphatic heterocycles. The van der Waals surface area contributed by atoms with Crippen LogP contribution in [-0.2, 0) is 4.74 Å². The summed E-state index contributed by atoms with van der Waals surface area (Å²) >= 11 is 3.52. The molecule has 3 heteroatoms. The number of alkyl halides is 1. The molecular weight excluding hydrogens is 319 g/mol. The zero-order valence-corrected chi connectivity index (χ0v) is 14.1. The van der Waals surface area contributed by atoms with Gasteiger partial charge in [-0.05, 0) is 48.3 Å². The highest BCUT2D eigenvalue weighted by Crippen LogP contribution is 2.41. The van der Waals surface area contributed by atoms with E-state index in [1.54, 1.807) is 0 Å². The van der Waals surface area contributed by atoms with E-state index in [4.69, 9.17) is 4.74 Å². The van der Waals surface area contributed by atoms with Crippen molar-refractivity contribution in [1.29, 1.82) is 0 Å². The van der Waals surface area contributed by atoms with Crippen LogP contribution in [0.4, 0.5) is 4.39 Å². The van der Waals surface area contributed by atoms with Gasteiger partial charge >= 0.3 is 0 Å². The fraction of sp³-hybridized carbons (Fsp3) is 0.647. The SMILES string of the molecule is CC1CC(OC(CBr)c2ccc(F)cc2)CC(C)(C)C1. The third-order valence-corrected chi connectivity index (χ3v) is 4.67. The highest BCUT2D eigenvalue weighted by molar-refractivity contribution is 9.09. The molecule has 1 nitrogen and oxygen atoms in total. The first kappa shape index (κ1) is 16.0. The van der Waals surface area contributed by atoms with Crippen LogP contribution in [0.2, 0.25) is 0 Å². The molecule has 1 aromatic carbocycles. The van der Waals surface area contributed by atoms with Crippen LogP contribution in [0, 0.1) is 17.2 Å². The zero-order valence-electron chi connectivity index (χ0n) is 12.5. The quantitative estimate of drug-likeness (QED) is 0.657. The van der Waals surface area contributed by atoms with Crippen LogP contribution in [0.1, 0.15) is 51.7 Å². The van der Waals surface area contributed by atoms with E-state index in [2.05, 4.69) is 36.7 Å². The van der Waals surface area contributed by atoms with Gasteiger partial charge in [-0.2, -0.15) is 0 Å². The Hall–Kier alpha value is -0.410. The minimum Gasteiger partial charge on any atom is -0.369 e. The normalized spacial score (nSPS) is 27.2. The first-order valence-electron chi connectivity index (χ1n) is 7.36. The molecule has 1 aromatic rings. The predicted molar refractivity (Wildman–Crippen MR) is 84.6 cm³/mol. The average molecular weight is 343 g/mol. The molecule has 0 aromatic heterocycles. The van der Waals surface area contributed by atoms with Crippen molar-refractivity contribution < 1.29 is 9.13 Å². The van der Waals surface area contributed by atoms with Gasteiger partial charge in [0.15, 0.2) is 0 Å². The Morgan fingerprint density at radius 1 is 1.30 bits per heavy atom. The van der Waals surface area contributed by atoms with Crippen molar-refractivity contribution in [3.63, 3.8) is 0 Å². The molecule has 2 rings (SSSR count). The minimum absolute atomic E-state index is 0.00157. The van der Waals surface area contributed by atoms with E-state index < -0.39 is 0 Å². The van der Waals surface area contributed by atoms with Crippen molar-refractivity contribution in [2.45, 2.75) is 52.2 Å². The maximum Gasteiger partial charge on any atom is 0.123 e.